The molecular weight excluding hydrogens is 384 g/mol. The molecule has 9 heteroatoms. The van der Waals surface area contributed by atoms with Gasteiger partial charge in [0.2, 0.25) is 0 Å². The van der Waals surface area contributed by atoms with Crippen molar-refractivity contribution >= 4 is 44.6 Å². The van der Waals surface area contributed by atoms with E-state index in [4.69, 9.17) is 11.6 Å². The Morgan fingerprint density at radius 2 is 1.76 bits per heavy atom. The van der Waals surface area contributed by atoms with Crippen molar-refractivity contribution in [3.05, 3.63) is 52.4 Å². The van der Waals surface area contributed by atoms with E-state index in [9.17, 15) is 18.0 Å². The number of rotatable bonds is 6. The van der Waals surface area contributed by atoms with E-state index in [0.29, 0.717) is 17.1 Å². The molecule has 6 nitrogen and oxygen atoms in total. The number of nitrogens with one attached hydrogen (secondary N) is 2. The van der Waals surface area contributed by atoms with Crippen LogP contribution in [0.4, 0.5) is 0 Å². The summed E-state index contributed by atoms with van der Waals surface area (Å²) in [4.78, 5) is 23.3. The molecule has 0 aliphatic heterocycles. The summed E-state index contributed by atoms with van der Waals surface area (Å²) in [6, 6.07) is 9.50. The average Bonchev–Trinajstić information content (AvgIpc) is 3.12. The first-order chi connectivity index (χ1) is 11.9. The molecular formula is C16H17ClN2O4S2. The second kappa shape index (κ2) is 8.46. The molecule has 0 aliphatic rings. The summed E-state index contributed by atoms with van der Waals surface area (Å²) in [5.74, 6) is -1.67. The number of carbonyl (C=O) groups is 2. The Balaban J connectivity index is 2.29. The predicted molar refractivity (Wildman–Crippen MR) is 97.4 cm³/mol. The molecule has 1 aromatic heterocycles. The largest absolute Gasteiger partial charge is 0.348 e. The molecule has 0 saturated heterocycles. The summed E-state index contributed by atoms with van der Waals surface area (Å²) in [5, 5.41) is 5.87. The number of benzene rings is 1. The molecule has 0 unspecified atom stereocenters. The first kappa shape index (κ1) is 19.4. The second-order valence-corrected chi connectivity index (χ2v) is 8.83. The van der Waals surface area contributed by atoms with Gasteiger partial charge in [0, 0.05) is 18.1 Å². The number of sulfone groups is 1. The van der Waals surface area contributed by atoms with Crippen LogP contribution >= 0.6 is 22.9 Å². The first-order valence-electron chi connectivity index (χ1n) is 7.45. The smallest absolute Gasteiger partial charge is 0.309 e. The molecule has 1 heterocycles. The minimum Gasteiger partial charge on any atom is -0.348 e. The molecule has 0 fully saturated rings. The summed E-state index contributed by atoms with van der Waals surface area (Å²) in [7, 11) is -3.73. The molecule has 0 spiro atoms. The number of hydrogen-bond acceptors (Lipinski definition) is 5. The predicted octanol–water partition coefficient (Wildman–Crippen LogP) is 2.17. The lowest BCUT2D eigenvalue weighted by molar-refractivity contribution is -0.139. The van der Waals surface area contributed by atoms with Crippen LogP contribution in [-0.4, -0.2) is 33.3 Å². The van der Waals surface area contributed by atoms with E-state index < -0.39 is 26.9 Å². The SMILES string of the molecule is CCNC(=O)C(=O)NC[C@H](c1ccc(Cl)cc1)S(=O)(=O)c1cccs1. The van der Waals surface area contributed by atoms with Crippen molar-refractivity contribution in [1.82, 2.24) is 10.6 Å². The summed E-state index contributed by atoms with van der Waals surface area (Å²) < 4.78 is 26.0. The Labute approximate surface area is 155 Å². The fourth-order valence-electron chi connectivity index (χ4n) is 2.16. The summed E-state index contributed by atoms with van der Waals surface area (Å²) in [6.07, 6.45) is 0. The maximum atomic E-state index is 12.9. The Hall–Kier alpha value is -1.90. The van der Waals surface area contributed by atoms with Crippen LogP contribution in [0.3, 0.4) is 0 Å². The van der Waals surface area contributed by atoms with Gasteiger partial charge in [0.05, 0.1) is 0 Å². The van der Waals surface area contributed by atoms with Gasteiger partial charge in [0.15, 0.2) is 9.84 Å². The highest BCUT2D eigenvalue weighted by Crippen LogP contribution is 2.31. The van der Waals surface area contributed by atoms with Crippen molar-refractivity contribution in [3.63, 3.8) is 0 Å². The highest BCUT2D eigenvalue weighted by molar-refractivity contribution is 7.93. The fourth-order valence-corrected chi connectivity index (χ4v) is 5.15. The molecule has 2 rings (SSSR count). The highest BCUT2D eigenvalue weighted by Gasteiger charge is 2.31. The molecule has 2 aromatic rings. The van der Waals surface area contributed by atoms with E-state index in [1.54, 1.807) is 42.6 Å². The van der Waals surface area contributed by atoms with Crippen molar-refractivity contribution in [3.8, 4) is 0 Å². The van der Waals surface area contributed by atoms with Crippen LogP contribution in [0.15, 0.2) is 46.0 Å². The minimum atomic E-state index is -3.73. The molecule has 1 atom stereocenters. The molecule has 134 valence electrons. The summed E-state index contributed by atoms with van der Waals surface area (Å²) >= 11 is 6.96. The molecule has 2 amide bonds. The van der Waals surface area contributed by atoms with Gasteiger partial charge in [0.1, 0.15) is 9.46 Å². The van der Waals surface area contributed by atoms with E-state index in [1.807, 2.05) is 0 Å². The highest BCUT2D eigenvalue weighted by atomic mass is 35.5. The van der Waals surface area contributed by atoms with Crippen molar-refractivity contribution in [2.45, 2.75) is 16.4 Å². The molecule has 0 saturated carbocycles. The zero-order valence-electron chi connectivity index (χ0n) is 13.4. The van der Waals surface area contributed by atoms with Gasteiger partial charge in [-0.1, -0.05) is 29.8 Å². The zero-order chi connectivity index (χ0) is 18.4. The summed E-state index contributed by atoms with van der Waals surface area (Å²) in [5.41, 5.74) is 0.481. The van der Waals surface area contributed by atoms with Crippen molar-refractivity contribution in [2.75, 3.05) is 13.1 Å². The van der Waals surface area contributed by atoms with Crippen molar-refractivity contribution in [2.24, 2.45) is 0 Å². The quantitative estimate of drug-likeness (QED) is 0.727. The fraction of sp³-hybridized carbons (Fsp3) is 0.250. The number of carbonyl (C=O) groups excluding carboxylic acids is 2. The van der Waals surface area contributed by atoms with E-state index >= 15 is 0 Å². The van der Waals surface area contributed by atoms with Gasteiger partial charge in [-0.15, -0.1) is 11.3 Å². The average molecular weight is 401 g/mol. The lowest BCUT2D eigenvalue weighted by atomic mass is 10.1. The number of hydrogen-bond donors (Lipinski definition) is 2. The van der Waals surface area contributed by atoms with Crippen molar-refractivity contribution in [1.29, 1.82) is 0 Å². The van der Waals surface area contributed by atoms with E-state index in [1.165, 1.54) is 6.07 Å². The van der Waals surface area contributed by atoms with E-state index in [0.717, 1.165) is 11.3 Å². The molecule has 2 N–H and O–H groups in total. The third kappa shape index (κ3) is 4.81. The van der Waals surface area contributed by atoms with Crippen LogP contribution in [0.25, 0.3) is 0 Å². The van der Waals surface area contributed by atoms with Gasteiger partial charge in [-0.2, -0.15) is 0 Å². The minimum absolute atomic E-state index is 0.194. The van der Waals surface area contributed by atoms with E-state index in [2.05, 4.69) is 10.6 Å². The zero-order valence-corrected chi connectivity index (χ0v) is 15.7. The van der Waals surface area contributed by atoms with Gasteiger partial charge in [-0.3, -0.25) is 9.59 Å². The third-order valence-electron chi connectivity index (χ3n) is 3.38. The monoisotopic (exact) mass is 400 g/mol. The maximum Gasteiger partial charge on any atom is 0.309 e. The number of likely N-dealkylation sites (N-methyl/N-ethyl adjacent to an activating group) is 1. The second-order valence-electron chi connectivity index (χ2n) is 5.09. The Kier molecular flexibility index (Phi) is 6.57. The lowest BCUT2D eigenvalue weighted by Gasteiger charge is -2.18. The molecule has 0 aliphatic carbocycles. The van der Waals surface area contributed by atoms with Gasteiger partial charge in [-0.05, 0) is 36.1 Å². The van der Waals surface area contributed by atoms with Gasteiger partial charge in [0.25, 0.3) is 0 Å². The van der Waals surface area contributed by atoms with Crippen LogP contribution in [-0.2, 0) is 19.4 Å². The Morgan fingerprint density at radius 3 is 2.32 bits per heavy atom. The topological polar surface area (TPSA) is 92.3 Å². The maximum absolute atomic E-state index is 12.9. The normalized spacial score (nSPS) is 12.4. The molecule has 1 aromatic carbocycles. The van der Waals surface area contributed by atoms with Gasteiger partial charge >= 0.3 is 11.8 Å². The van der Waals surface area contributed by atoms with E-state index in [-0.39, 0.29) is 10.8 Å². The summed E-state index contributed by atoms with van der Waals surface area (Å²) in [6.45, 7) is 1.77. The molecule has 0 bridgehead atoms. The van der Waals surface area contributed by atoms with Crippen LogP contribution in [0.1, 0.15) is 17.7 Å². The van der Waals surface area contributed by atoms with Gasteiger partial charge < -0.3 is 10.6 Å². The number of halogens is 1. The van der Waals surface area contributed by atoms with Crippen molar-refractivity contribution < 1.29 is 18.0 Å². The van der Waals surface area contributed by atoms with Crippen LogP contribution in [0, 0.1) is 0 Å². The van der Waals surface area contributed by atoms with Crippen LogP contribution in [0.5, 0.6) is 0 Å². The number of thiophene rings is 1. The standard InChI is InChI=1S/C16H17ClN2O4S2/c1-2-18-15(20)16(21)19-10-13(11-5-7-12(17)8-6-11)25(22,23)14-4-3-9-24-14/h3-9,13H,2,10H2,1H3,(H,18,20)(H,19,21)/t13-/m1/s1. The number of amides is 2. The molecule has 0 radical (unpaired) electrons. The molecule has 25 heavy (non-hydrogen) atoms. The van der Waals surface area contributed by atoms with Crippen LogP contribution < -0.4 is 10.6 Å². The van der Waals surface area contributed by atoms with Crippen LogP contribution in [0.2, 0.25) is 5.02 Å². The van der Waals surface area contributed by atoms with Gasteiger partial charge in [-0.25, -0.2) is 8.42 Å². The Morgan fingerprint density at radius 1 is 1.12 bits per heavy atom. The first-order valence-corrected chi connectivity index (χ1v) is 10.3. The lowest BCUT2D eigenvalue weighted by Crippen LogP contribution is -2.42. The third-order valence-corrected chi connectivity index (χ3v) is 7.17. The Bertz CT molecular complexity index is 834.